The van der Waals surface area contributed by atoms with Gasteiger partial charge in [-0.15, -0.1) is 0 Å². The van der Waals surface area contributed by atoms with Gasteiger partial charge in [0.2, 0.25) is 27.7 Å². The van der Waals surface area contributed by atoms with Crippen molar-refractivity contribution >= 4 is 54.4 Å². The maximum Gasteiger partial charge on any atom is 0.250 e. The zero-order valence-electron chi connectivity index (χ0n) is 24.3. The summed E-state index contributed by atoms with van der Waals surface area (Å²) in [5.41, 5.74) is 0.895. The van der Waals surface area contributed by atoms with Gasteiger partial charge in [0.15, 0.2) is 0 Å². The lowest BCUT2D eigenvalue weighted by atomic mass is 9.83. The van der Waals surface area contributed by atoms with Crippen LogP contribution in [0.25, 0.3) is 10.8 Å². The van der Waals surface area contributed by atoms with Crippen molar-refractivity contribution in [2.75, 3.05) is 39.8 Å². The molecule has 13 heteroatoms. The first-order valence-corrected chi connectivity index (χ1v) is 17.0. The highest BCUT2D eigenvalue weighted by atomic mass is 79.9. The largest absolute Gasteiger partial charge is 0.358 e. The first kappa shape index (κ1) is 30.5. The molecule has 2 bridgehead atoms. The normalized spacial score (nSPS) is 21.8. The summed E-state index contributed by atoms with van der Waals surface area (Å²) in [6, 6.07) is 14.3. The van der Waals surface area contributed by atoms with Gasteiger partial charge in [0.25, 0.3) is 5.56 Å². The van der Waals surface area contributed by atoms with Gasteiger partial charge < -0.3 is 19.7 Å². The number of nitrogens with one attached hydrogen (secondary N) is 1. The minimum Gasteiger partial charge on any atom is -0.358 e. The molecular formula is C31H34BrN5O6S. The monoisotopic (exact) mass is 683 g/mol. The zero-order valence-corrected chi connectivity index (χ0v) is 26.7. The summed E-state index contributed by atoms with van der Waals surface area (Å²) in [7, 11) is -2.85. The molecule has 0 saturated carbocycles. The third kappa shape index (κ3) is 5.80. The highest BCUT2D eigenvalue weighted by molar-refractivity contribution is 9.10. The molecule has 11 nitrogen and oxygen atoms in total. The lowest BCUT2D eigenvalue weighted by molar-refractivity contribution is -0.146. The van der Waals surface area contributed by atoms with Gasteiger partial charge in [-0.25, -0.2) is 8.42 Å². The van der Waals surface area contributed by atoms with Gasteiger partial charge in [-0.05, 0) is 66.3 Å². The summed E-state index contributed by atoms with van der Waals surface area (Å²) >= 11 is 3.42. The number of likely N-dealkylation sites (N-methyl/N-ethyl adjacent to an activating group) is 1. The van der Waals surface area contributed by atoms with Crippen molar-refractivity contribution < 1.29 is 22.8 Å². The topological polar surface area (TPSA) is 129 Å². The smallest absolute Gasteiger partial charge is 0.250 e. The predicted molar refractivity (Wildman–Crippen MR) is 167 cm³/mol. The Morgan fingerprint density at radius 2 is 1.80 bits per heavy atom. The van der Waals surface area contributed by atoms with Crippen LogP contribution in [0.5, 0.6) is 0 Å². The highest BCUT2D eigenvalue weighted by Crippen LogP contribution is 2.35. The fraction of sp³-hybridized carbons (Fsp3) is 0.419. The van der Waals surface area contributed by atoms with E-state index in [1.165, 1.54) is 18.0 Å². The number of nitrogens with zero attached hydrogens (tertiary/aromatic N) is 4. The molecule has 0 spiro atoms. The number of amides is 3. The Hall–Kier alpha value is -3.55. The number of benzene rings is 2. The van der Waals surface area contributed by atoms with Crippen LogP contribution in [0.15, 0.2) is 68.8 Å². The summed E-state index contributed by atoms with van der Waals surface area (Å²) in [5.74, 6) is -1.05. The van der Waals surface area contributed by atoms with E-state index in [0.717, 1.165) is 26.3 Å². The lowest BCUT2D eigenvalue weighted by Crippen LogP contribution is -2.58. The van der Waals surface area contributed by atoms with Gasteiger partial charge >= 0.3 is 0 Å². The third-order valence-electron chi connectivity index (χ3n) is 8.97. The Kier molecular flexibility index (Phi) is 8.38. The second-order valence-corrected chi connectivity index (χ2v) is 14.6. The van der Waals surface area contributed by atoms with E-state index in [-0.39, 0.29) is 41.2 Å². The van der Waals surface area contributed by atoms with E-state index in [1.807, 2.05) is 18.2 Å². The Balaban J connectivity index is 1.22. The van der Waals surface area contributed by atoms with Crippen LogP contribution in [0.1, 0.15) is 30.9 Å². The number of carbonyl (C=O) groups excluding carboxylic acids is 3. The summed E-state index contributed by atoms with van der Waals surface area (Å²) < 4.78 is 31.7. The molecule has 0 unspecified atom stereocenters. The van der Waals surface area contributed by atoms with Crippen LogP contribution in [0.4, 0.5) is 0 Å². The number of rotatable bonds is 7. The highest BCUT2D eigenvalue weighted by Gasteiger charge is 2.42. The number of sulfonamides is 1. The molecule has 2 saturated heterocycles. The van der Waals surface area contributed by atoms with Crippen LogP contribution < -0.4 is 10.9 Å². The second-order valence-electron chi connectivity index (χ2n) is 11.8. The van der Waals surface area contributed by atoms with Gasteiger partial charge in [-0.3, -0.25) is 19.2 Å². The molecule has 3 aliphatic heterocycles. The molecule has 1 N–H and O–H groups in total. The fourth-order valence-corrected chi connectivity index (χ4v) is 8.76. The summed E-state index contributed by atoms with van der Waals surface area (Å²) in [6.45, 7) is 1.13. The Labute approximate surface area is 264 Å². The number of hydrogen-bond acceptors (Lipinski definition) is 6. The molecule has 6 rings (SSSR count). The molecule has 2 aromatic carbocycles. The minimum atomic E-state index is -4.26. The van der Waals surface area contributed by atoms with Crippen LogP contribution >= 0.6 is 15.9 Å². The number of piperidine rings is 2. The number of carbonyl (C=O) groups is 3. The molecule has 3 atom stereocenters. The molecule has 232 valence electrons. The zero-order chi connectivity index (χ0) is 31.2. The summed E-state index contributed by atoms with van der Waals surface area (Å²) in [6.07, 6.45) is 1.62. The standard InChI is InChI=1S/C31H34BrN5O6S/c1-33-28(38)18-37(44(42,43)25-10-8-21-13-24(32)9-7-22(21)14-25)27-5-3-11-34(31(27)41)19-30(40)35-15-20-12-23(17-35)26-4-2-6-29(39)36(26)16-20/h2,4,6-10,13-14,20,23,27H,3,5,11-12,15-19H2,1H3,(H,33,38)/t20-,23+,27+/m1/s1. The van der Waals surface area contributed by atoms with Crippen molar-refractivity contribution in [2.45, 2.75) is 42.7 Å². The van der Waals surface area contributed by atoms with E-state index in [1.54, 1.807) is 39.8 Å². The number of halogens is 1. The molecule has 0 aliphatic carbocycles. The van der Waals surface area contributed by atoms with E-state index in [0.29, 0.717) is 38.0 Å². The van der Waals surface area contributed by atoms with Crippen LogP contribution in [-0.4, -0.2) is 90.6 Å². The van der Waals surface area contributed by atoms with Crippen LogP contribution in [0.3, 0.4) is 0 Å². The number of fused-ring (bicyclic) bond motifs is 5. The molecule has 3 amide bonds. The van der Waals surface area contributed by atoms with E-state index in [4.69, 9.17) is 0 Å². The first-order chi connectivity index (χ1) is 21.0. The van der Waals surface area contributed by atoms with E-state index in [2.05, 4.69) is 21.2 Å². The van der Waals surface area contributed by atoms with Gasteiger partial charge in [-0.1, -0.05) is 34.1 Å². The summed E-state index contributed by atoms with van der Waals surface area (Å²) in [5, 5.41) is 4.01. The third-order valence-corrected chi connectivity index (χ3v) is 11.3. The van der Waals surface area contributed by atoms with Crippen molar-refractivity contribution in [2.24, 2.45) is 5.92 Å². The van der Waals surface area contributed by atoms with Crippen molar-refractivity contribution in [3.63, 3.8) is 0 Å². The Morgan fingerprint density at radius 3 is 2.59 bits per heavy atom. The van der Waals surface area contributed by atoms with Gasteiger partial charge in [0, 0.05) is 55.4 Å². The van der Waals surface area contributed by atoms with Gasteiger partial charge in [-0.2, -0.15) is 4.31 Å². The van der Waals surface area contributed by atoms with Gasteiger partial charge in [0.1, 0.15) is 6.04 Å². The maximum atomic E-state index is 14.0. The van der Waals surface area contributed by atoms with Crippen LogP contribution in [0.2, 0.25) is 0 Å². The van der Waals surface area contributed by atoms with Crippen molar-refractivity contribution in [1.82, 2.24) is 24.0 Å². The Bertz CT molecular complexity index is 1810. The number of pyridine rings is 1. The number of likely N-dealkylation sites (tertiary alicyclic amines) is 2. The molecule has 2 fully saturated rings. The van der Waals surface area contributed by atoms with Crippen molar-refractivity contribution in [1.29, 1.82) is 0 Å². The summed E-state index contributed by atoms with van der Waals surface area (Å²) in [4.78, 5) is 55.5. The van der Waals surface area contributed by atoms with Crippen molar-refractivity contribution in [3.8, 4) is 0 Å². The average molecular weight is 685 g/mol. The molecule has 0 radical (unpaired) electrons. The van der Waals surface area contributed by atoms with Crippen LogP contribution in [-0.2, 0) is 31.0 Å². The average Bonchev–Trinajstić information content (AvgIpc) is 3.01. The van der Waals surface area contributed by atoms with Crippen molar-refractivity contribution in [3.05, 3.63) is 75.1 Å². The van der Waals surface area contributed by atoms with E-state index in [9.17, 15) is 27.6 Å². The SMILES string of the molecule is CNC(=O)CN([C@H]1CCCN(CC(=O)N2C[C@H]3C[C@@H](C2)c2cccc(=O)n2C3)C1=O)S(=O)(=O)c1ccc2cc(Br)ccc2c1. The predicted octanol–water partition coefficient (Wildman–Crippen LogP) is 2.14. The second kappa shape index (κ2) is 12.1. The Morgan fingerprint density at radius 1 is 1.02 bits per heavy atom. The number of hydrogen-bond donors (Lipinski definition) is 1. The maximum absolute atomic E-state index is 14.0. The molecule has 3 aliphatic rings. The molecule has 3 aromatic rings. The molecule has 1 aromatic heterocycles. The van der Waals surface area contributed by atoms with Gasteiger partial charge in [0.05, 0.1) is 18.0 Å². The first-order valence-electron chi connectivity index (χ1n) is 14.7. The quantitative estimate of drug-likeness (QED) is 0.407. The lowest BCUT2D eigenvalue weighted by Gasteiger charge is -2.43. The van der Waals surface area contributed by atoms with E-state index >= 15 is 0 Å². The van der Waals surface area contributed by atoms with Crippen LogP contribution in [0, 0.1) is 5.92 Å². The minimum absolute atomic E-state index is 0.0172. The molecule has 4 heterocycles. The molecular weight excluding hydrogens is 650 g/mol. The molecule has 44 heavy (non-hydrogen) atoms. The fourth-order valence-electron chi connectivity index (χ4n) is 6.78. The number of aromatic nitrogens is 1. The van der Waals surface area contributed by atoms with E-state index < -0.39 is 34.4 Å².